The van der Waals surface area contributed by atoms with Crippen LogP contribution in [0, 0.1) is 17.2 Å². The lowest BCUT2D eigenvalue weighted by Gasteiger charge is -2.42. The quantitative estimate of drug-likeness (QED) is 0.868. The zero-order valence-corrected chi connectivity index (χ0v) is 16.3. The monoisotopic (exact) mass is 380 g/mol. The molecule has 1 unspecified atom stereocenters. The van der Waals surface area contributed by atoms with Crippen LogP contribution in [-0.2, 0) is 4.79 Å². The second kappa shape index (κ2) is 8.32. The Kier molecular flexibility index (Phi) is 5.63. The SMILES string of the molecule is N#Cc1ccc(C(=O)N2CCC(N3CCCC(C(=O)NC4CC4)C3)CC2)cc1. The van der Waals surface area contributed by atoms with Crippen molar-refractivity contribution in [3.63, 3.8) is 0 Å². The van der Waals surface area contributed by atoms with Gasteiger partial charge >= 0.3 is 0 Å². The molecule has 1 atom stereocenters. The molecule has 3 fully saturated rings. The van der Waals surface area contributed by atoms with Gasteiger partial charge in [-0.25, -0.2) is 0 Å². The number of nitriles is 1. The zero-order chi connectivity index (χ0) is 19.5. The maximum Gasteiger partial charge on any atom is 0.253 e. The lowest BCUT2D eigenvalue weighted by atomic mass is 9.93. The summed E-state index contributed by atoms with van der Waals surface area (Å²) in [6.07, 6.45) is 6.25. The summed E-state index contributed by atoms with van der Waals surface area (Å²) in [6, 6.07) is 9.83. The van der Waals surface area contributed by atoms with Gasteiger partial charge in [-0.15, -0.1) is 0 Å². The number of amides is 2. The van der Waals surface area contributed by atoms with E-state index in [0.717, 1.165) is 64.7 Å². The summed E-state index contributed by atoms with van der Waals surface area (Å²) in [5, 5.41) is 12.0. The second-order valence-electron chi connectivity index (χ2n) is 8.33. The van der Waals surface area contributed by atoms with Crippen molar-refractivity contribution in [1.82, 2.24) is 15.1 Å². The summed E-state index contributed by atoms with van der Waals surface area (Å²) in [4.78, 5) is 29.5. The largest absolute Gasteiger partial charge is 0.353 e. The van der Waals surface area contributed by atoms with Gasteiger partial charge in [-0.3, -0.25) is 14.5 Å². The molecule has 28 heavy (non-hydrogen) atoms. The summed E-state index contributed by atoms with van der Waals surface area (Å²) in [7, 11) is 0. The first-order valence-electron chi connectivity index (χ1n) is 10.5. The molecule has 2 saturated heterocycles. The van der Waals surface area contributed by atoms with E-state index in [4.69, 9.17) is 5.26 Å². The Morgan fingerprint density at radius 3 is 2.36 bits per heavy atom. The van der Waals surface area contributed by atoms with E-state index < -0.39 is 0 Å². The van der Waals surface area contributed by atoms with Crippen LogP contribution in [0.25, 0.3) is 0 Å². The van der Waals surface area contributed by atoms with Gasteiger partial charge in [0.05, 0.1) is 17.6 Å². The Balaban J connectivity index is 1.28. The number of hydrogen-bond acceptors (Lipinski definition) is 4. The molecule has 2 aliphatic heterocycles. The Hall–Kier alpha value is -2.39. The highest BCUT2D eigenvalue weighted by molar-refractivity contribution is 5.94. The minimum Gasteiger partial charge on any atom is -0.353 e. The smallest absolute Gasteiger partial charge is 0.253 e. The van der Waals surface area contributed by atoms with E-state index in [1.807, 2.05) is 4.90 Å². The molecule has 0 spiro atoms. The number of carbonyl (C=O) groups is 2. The highest BCUT2D eigenvalue weighted by Gasteiger charge is 2.34. The second-order valence-corrected chi connectivity index (χ2v) is 8.33. The van der Waals surface area contributed by atoms with Crippen molar-refractivity contribution < 1.29 is 9.59 Å². The van der Waals surface area contributed by atoms with Crippen molar-refractivity contribution in [2.75, 3.05) is 26.2 Å². The number of hydrogen-bond donors (Lipinski definition) is 1. The van der Waals surface area contributed by atoms with E-state index in [2.05, 4.69) is 16.3 Å². The van der Waals surface area contributed by atoms with Crippen molar-refractivity contribution in [2.45, 2.75) is 50.6 Å². The molecule has 1 aromatic carbocycles. The van der Waals surface area contributed by atoms with Crippen LogP contribution in [0.5, 0.6) is 0 Å². The molecule has 2 amide bonds. The molecular formula is C22H28N4O2. The third kappa shape index (κ3) is 4.36. The lowest BCUT2D eigenvalue weighted by Crippen LogP contribution is -2.51. The van der Waals surface area contributed by atoms with Gasteiger partial charge in [0.1, 0.15) is 0 Å². The average molecular weight is 380 g/mol. The number of benzene rings is 1. The molecule has 1 saturated carbocycles. The predicted molar refractivity (Wildman–Crippen MR) is 106 cm³/mol. The van der Waals surface area contributed by atoms with Crippen molar-refractivity contribution in [1.29, 1.82) is 5.26 Å². The van der Waals surface area contributed by atoms with E-state index in [1.165, 1.54) is 0 Å². The topological polar surface area (TPSA) is 76.4 Å². The third-order valence-electron chi connectivity index (χ3n) is 6.28. The lowest BCUT2D eigenvalue weighted by molar-refractivity contribution is -0.127. The van der Waals surface area contributed by atoms with Crippen LogP contribution in [0.15, 0.2) is 24.3 Å². The van der Waals surface area contributed by atoms with E-state index in [9.17, 15) is 9.59 Å². The molecule has 1 aromatic rings. The van der Waals surface area contributed by atoms with Crippen LogP contribution >= 0.6 is 0 Å². The van der Waals surface area contributed by atoms with E-state index in [0.29, 0.717) is 23.2 Å². The molecule has 148 valence electrons. The molecule has 2 heterocycles. The fourth-order valence-electron chi connectivity index (χ4n) is 4.40. The van der Waals surface area contributed by atoms with Crippen molar-refractivity contribution in [3.8, 4) is 6.07 Å². The Bertz CT molecular complexity index is 758. The summed E-state index contributed by atoms with van der Waals surface area (Å²) in [5.74, 6) is 0.400. The molecule has 1 aliphatic carbocycles. The summed E-state index contributed by atoms with van der Waals surface area (Å²) in [5.41, 5.74) is 1.22. The molecule has 6 heteroatoms. The highest BCUT2D eigenvalue weighted by Crippen LogP contribution is 2.26. The molecule has 0 bridgehead atoms. The Labute approximate surface area is 166 Å². The molecule has 6 nitrogen and oxygen atoms in total. The van der Waals surface area contributed by atoms with Crippen LogP contribution in [0.2, 0.25) is 0 Å². The third-order valence-corrected chi connectivity index (χ3v) is 6.28. The van der Waals surface area contributed by atoms with Gasteiger partial charge in [0.2, 0.25) is 5.91 Å². The summed E-state index contributed by atoms with van der Waals surface area (Å²) in [6.45, 7) is 3.41. The fourth-order valence-corrected chi connectivity index (χ4v) is 4.40. The van der Waals surface area contributed by atoms with E-state index in [1.54, 1.807) is 24.3 Å². The zero-order valence-electron chi connectivity index (χ0n) is 16.3. The number of nitrogens with one attached hydrogen (secondary N) is 1. The van der Waals surface area contributed by atoms with Crippen LogP contribution in [0.3, 0.4) is 0 Å². The summed E-state index contributed by atoms with van der Waals surface area (Å²) < 4.78 is 0. The standard InChI is InChI=1S/C22H28N4O2/c23-14-16-3-5-17(6-4-16)22(28)25-12-9-20(10-13-25)26-11-1-2-18(15-26)21(27)24-19-7-8-19/h3-6,18-20H,1-2,7-13,15H2,(H,24,27). The van der Waals surface area contributed by atoms with Crippen molar-refractivity contribution >= 4 is 11.8 Å². The van der Waals surface area contributed by atoms with Crippen LogP contribution in [0.1, 0.15) is 54.4 Å². The van der Waals surface area contributed by atoms with Crippen molar-refractivity contribution in [3.05, 3.63) is 35.4 Å². The first-order chi connectivity index (χ1) is 13.6. The van der Waals surface area contributed by atoms with Gasteiger partial charge in [-0.1, -0.05) is 0 Å². The van der Waals surface area contributed by atoms with Gasteiger partial charge in [-0.05, 0) is 69.3 Å². The Morgan fingerprint density at radius 2 is 1.71 bits per heavy atom. The molecule has 4 rings (SSSR count). The number of rotatable bonds is 4. The Morgan fingerprint density at radius 1 is 1.00 bits per heavy atom. The van der Waals surface area contributed by atoms with Crippen LogP contribution in [-0.4, -0.2) is 59.9 Å². The molecule has 3 aliphatic rings. The minimum absolute atomic E-state index is 0.0447. The first kappa shape index (κ1) is 18.9. The summed E-state index contributed by atoms with van der Waals surface area (Å²) >= 11 is 0. The molecule has 0 radical (unpaired) electrons. The number of piperidine rings is 2. The molecule has 0 aromatic heterocycles. The van der Waals surface area contributed by atoms with Gasteiger partial charge in [0.25, 0.3) is 5.91 Å². The van der Waals surface area contributed by atoms with Gasteiger partial charge in [-0.2, -0.15) is 5.26 Å². The highest BCUT2D eigenvalue weighted by atomic mass is 16.2. The first-order valence-corrected chi connectivity index (χ1v) is 10.5. The fraction of sp³-hybridized carbons (Fsp3) is 0.591. The van der Waals surface area contributed by atoms with Crippen LogP contribution < -0.4 is 5.32 Å². The molecular weight excluding hydrogens is 352 g/mol. The number of nitrogens with zero attached hydrogens (tertiary/aromatic N) is 3. The van der Waals surface area contributed by atoms with Gasteiger partial charge < -0.3 is 10.2 Å². The minimum atomic E-state index is 0.0447. The van der Waals surface area contributed by atoms with Gasteiger partial charge in [0.15, 0.2) is 0 Å². The number of likely N-dealkylation sites (tertiary alicyclic amines) is 2. The van der Waals surface area contributed by atoms with E-state index >= 15 is 0 Å². The predicted octanol–water partition coefficient (Wildman–Crippen LogP) is 2.15. The normalized spacial score (nSPS) is 23.8. The van der Waals surface area contributed by atoms with Gasteiger partial charge in [0, 0.05) is 37.3 Å². The van der Waals surface area contributed by atoms with Crippen molar-refractivity contribution in [2.24, 2.45) is 5.92 Å². The maximum absolute atomic E-state index is 12.7. The average Bonchev–Trinajstić information content (AvgIpc) is 3.57. The molecule has 1 N–H and O–H groups in total. The maximum atomic E-state index is 12.7. The number of carbonyl (C=O) groups excluding carboxylic acids is 2. The van der Waals surface area contributed by atoms with Crippen LogP contribution in [0.4, 0.5) is 0 Å². The van der Waals surface area contributed by atoms with E-state index in [-0.39, 0.29) is 17.7 Å².